The summed E-state index contributed by atoms with van der Waals surface area (Å²) < 4.78 is 0. The standard InChI is InChI=1S/C16H16Cl2N2/c1-16(2)9-10-5-6-11(17)8-12(10)14(16)20-13-4-3-7-19-15(13)18/h3-8,14,20H,9H2,1-2H3. The molecule has 1 atom stereocenters. The van der Waals surface area contributed by atoms with Gasteiger partial charge in [0.15, 0.2) is 5.15 Å². The van der Waals surface area contributed by atoms with Crippen molar-refractivity contribution in [3.05, 3.63) is 57.8 Å². The predicted molar refractivity (Wildman–Crippen MR) is 84.5 cm³/mol. The topological polar surface area (TPSA) is 24.9 Å². The Morgan fingerprint density at radius 1 is 1.25 bits per heavy atom. The number of anilines is 1. The zero-order valence-corrected chi connectivity index (χ0v) is 13.0. The molecule has 0 bridgehead atoms. The Labute approximate surface area is 129 Å². The molecule has 0 saturated heterocycles. The van der Waals surface area contributed by atoms with Crippen LogP contribution >= 0.6 is 23.2 Å². The van der Waals surface area contributed by atoms with Crippen LogP contribution in [-0.4, -0.2) is 4.98 Å². The Bertz CT molecular complexity index is 653. The third-order valence-corrected chi connectivity index (χ3v) is 4.44. The maximum atomic E-state index is 6.15. The number of fused-ring (bicyclic) bond motifs is 1. The van der Waals surface area contributed by atoms with E-state index >= 15 is 0 Å². The first kappa shape index (κ1) is 13.7. The molecule has 1 aromatic heterocycles. The van der Waals surface area contributed by atoms with Crippen molar-refractivity contribution < 1.29 is 0 Å². The fourth-order valence-corrected chi connectivity index (χ4v) is 3.29. The number of aromatic nitrogens is 1. The first-order valence-corrected chi connectivity index (χ1v) is 7.38. The molecule has 0 spiro atoms. The van der Waals surface area contributed by atoms with E-state index in [-0.39, 0.29) is 11.5 Å². The summed E-state index contributed by atoms with van der Waals surface area (Å²) in [7, 11) is 0. The highest BCUT2D eigenvalue weighted by Gasteiger charge is 2.39. The summed E-state index contributed by atoms with van der Waals surface area (Å²) in [4.78, 5) is 4.12. The van der Waals surface area contributed by atoms with E-state index in [1.165, 1.54) is 11.1 Å². The summed E-state index contributed by atoms with van der Waals surface area (Å²) in [5.41, 5.74) is 3.56. The molecule has 2 nitrogen and oxygen atoms in total. The summed E-state index contributed by atoms with van der Waals surface area (Å²) in [5.74, 6) is 0. The fourth-order valence-electron chi connectivity index (χ4n) is 2.93. The molecule has 0 aliphatic heterocycles. The fraction of sp³-hybridized carbons (Fsp3) is 0.312. The van der Waals surface area contributed by atoms with Gasteiger partial charge in [0.25, 0.3) is 0 Å². The van der Waals surface area contributed by atoms with Crippen LogP contribution in [0.2, 0.25) is 10.2 Å². The summed E-state index contributed by atoms with van der Waals surface area (Å²) in [6, 6.07) is 10.1. The Balaban J connectivity index is 2.00. The Morgan fingerprint density at radius 3 is 2.80 bits per heavy atom. The van der Waals surface area contributed by atoms with E-state index in [1.807, 2.05) is 24.3 Å². The van der Waals surface area contributed by atoms with E-state index in [9.17, 15) is 0 Å². The average Bonchev–Trinajstić information content (AvgIpc) is 2.63. The lowest BCUT2D eigenvalue weighted by Gasteiger charge is -2.29. The number of hydrogen-bond acceptors (Lipinski definition) is 2. The molecule has 0 amide bonds. The van der Waals surface area contributed by atoms with Crippen molar-refractivity contribution >= 4 is 28.9 Å². The maximum absolute atomic E-state index is 6.15. The van der Waals surface area contributed by atoms with Gasteiger partial charge in [-0.15, -0.1) is 0 Å². The second kappa shape index (κ2) is 4.94. The highest BCUT2D eigenvalue weighted by Crippen LogP contribution is 2.47. The number of rotatable bonds is 2. The largest absolute Gasteiger partial charge is 0.375 e. The molecule has 1 aliphatic rings. The van der Waals surface area contributed by atoms with Crippen LogP contribution < -0.4 is 5.32 Å². The summed E-state index contributed by atoms with van der Waals surface area (Å²) in [6.45, 7) is 4.51. The van der Waals surface area contributed by atoms with E-state index in [0.717, 1.165) is 17.1 Å². The highest BCUT2D eigenvalue weighted by molar-refractivity contribution is 6.32. The van der Waals surface area contributed by atoms with Crippen LogP contribution in [0, 0.1) is 5.41 Å². The summed E-state index contributed by atoms with van der Waals surface area (Å²) in [5, 5.41) is 4.80. The molecule has 20 heavy (non-hydrogen) atoms. The maximum Gasteiger partial charge on any atom is 0.152 e. The molecular weight excluding hydrogens is 291 g/mol. The molecule has 1 N–H and O–H groups in total. The van der Waals surface area contributed by atoms with Crippen molar-refractivity contribution in [3.63, 3.8) is 0 Å². The lowest BCUT2D eigenvalue weighted by Crippen LogP contribution is -2.24. The number of pyridine rings is 1. The van der Waals surface area contributed by atoms with Crippen LogP contribution in [0.15, 0.2) is 36.5 Å². The molecule has 0 saturated carbocycles. The Hall–Kier alpha value is -1.25. The smallest absolute Gasteiger partial charge is 0.152 e. The van der Waals surface area contributed by atoms with E-state index in [4.69, 9.17) is 23.2 Å². The lowest BCUT2D eigenvalue weighted by molar-refractivity contribution is 0.337. The van der Waals surface area contributed by atoms with Crippen LogP contribution in [0.5, 0.6) is 0 Å². The average molecular weight is 307 g/mol. The van der Waals surface area contributed by atoms with Crippen molar-refractivity contribution in [1.29, 1.82) is 0 Å². The second-order valence-corrected chi connectivity index (χ2v) is 6.72. The van der Waals surface area contributed by atoms with Gasteiger partial charge in [-0.05, 0) is 47.2 Å². The quantitative estimate of drug-likeness (QED) is 0.779. The first-order valence-electron chi connectivity index (χ1n) is 6.63. The van der Waals surface area contributed by atoms with Gasteiger partial charge < -0.3 is 5.32 Å². The van der Waals surface area contributed by atoms with E-state index in [1.54, 1.807) is 6.20 Å². The normalized spacial score (nSPS) is 19.7. The minimum atomic E-state index is 0.103. The van der Waals surface area contributed by atoms with E-state index in [0.29, 0.717) is 5.15 Å². The second-order valence-electron chi connectivity index (χ2n) is 5.93. The van der Waals surface area contributed by atoms with Crippen molar-refractivity contribution in [2.24, 2.45) is 5.41 Å². The molecule has 0 radical (unpaired) electrons. The number of hydrogen-bond donors (Lipinski definition) is 1. The zero-order chi connectivity index (χ0) is 14.3. The SMILES string of the molecule is CC1(C)Cc2ccc(Cl)cc2C1Nc1cccnc1Cl. The molecule has 104 valence electrons. The molecule has 1 heterocycles. The lowest BCUT2D eigenvalue weighted by atomic mass is 9.85. The molecule has 3 rings (SSSR count). The first-order chi connectivity index (χ1) is 9.47. The minimum Gasteiger partial charge on any atom is -0.375 e. The van der Waals surface area contributed by atoms with Crippen LogP contribution in [0.4, 0.5) is 5.69 Å². The third kappa shape index (κ3) is 2.38. The highest BCUT2D eigenvalue weighted by atomic mass is 35.5. The van der Waals surface area contributed by atoms with Gasteiger partial charge in [0.2, 0.25) is 0 Å². The summed E-state index contributed by atoms with van der Waals surface area (Å²) >= 11 is 12.3. The van der Waals surface area contributed by atoms with Gasteiger partial charge in [0, 0.05) is 11.2 Å². The van der Waals surface area contributed by atoms with Crippen LogP contribution in [-0.2, 0) is 6.42 Å². The van der Waals surface area contributed by atoms with Gasteiger partial charge in [-0.25, -0.2) is 4.98 Å². The minimum absolute atomic E-state index is 0.103. The molecule has 1 unspecified atom stereocenters. The third-order valence-electron chi connectivity index (χ3n) is 3.91. The predicted octanol–water partition coefficient (Wildman–Crippen LogP) is 5.12. The van der Waals surface area contributed by atoms with Gasteiger partial charge in [-0.2, -0.15) is 0 Å². The van der Waals surface area contributed by atoms with E-state index < -0.39 is 0 Å². The Kier molecular flexibility index (Phi) is 3.39. The monoisotopic (exact) mass is 306 g/mol. The van der Waals surface area contributed by atoms with Gasteiger partial charge in [0.1, 0.15) is 0 Å². The van der Waals surface area contributed by atoms with Gasteiger partial charge >= 0.3 is 0 Å². The van der Waals surface area contributed by atoms with Crippen molar-refractivity contribution in [2.45, 2.75) is 26.3 Å². The molecule has 0 fully saturated rings. The zero-order valence-electron chi connectivity index (χ0n) is 11.5. The summed E-state index contributed by atoms with van der Waals surface area (Å²) in [6.07, 6.45) is 2.72. The van der Waals surface area contributed by atoms with Crippen molar-refractivity contribution in [1.82, 2.24) is 4.98 Å². The van der Waals surface area contributed by atoms with Crippen molar-refractivity contribution in [3.8, 4) is 0 Å². The van der Waals surface area contributed by atoms with E-state index in [2.05, 4.69) is 30.2 Å². The van der Waals surface area contributed by atoms with Crippen LogP contribution in [0.25, 0.3) is 0 Å². The van der Waals surface area contributed by atoms with Crippen LogP contribution in [0.1, 0.15) is 31.0 Å². The molecule has 1 aliphatic carbocycles. The molecular formula is C16H16Cl2N2. The van der Waals surface area contributed by atoms with Crippen molar-refractivity contribution in [2.75, 3.05) is 5.32 Å². The number of nitrogens with zero attached hydrogens (tertiary/aromatic N) is 1. The number of halogens is 2. The van der Waals surface area contributed by atoms with Crippen LogP contribution in [0.3, 0.4) is 0 Å². The molecule has 2 aromatic rings. The molecule has 4 heteroatoms. The van der Waals surface area contributed by atoms with Gasteiger partial charge in [-0.1, -0.05) is 43.1 Å². The Morgan fingerprint density at radius 2 is 2.05 bits per heavy atom. The molecule has 1 aromatic carbocycles. The van der Waals surface area contributed by atoms with Gasteiger partial charge in [0.05, 0.1) is 11.7 Å². The van der Waals surface area contributed by atoms with Gasteiger partial charge in [-0.3, -0.25) is 0 Å². The number of benzene rings is 1. The number of nitrogens with one attached hydrogen (secondary N) is 1.